The molecular weight excluding hydrogens is 456 g/mol. The molecule has 0 aliphatic heterocycles. The van der Waals surface area contributed by atoms with Gasteiger partial charge in [-0.15, -0.1) is 0 Å². The van der Waals surface area contributed by atoms with Gasteiger partial charge in [-0.05, 0) is 38.5 Å². The zero-order valence-electron chi connectivity index (χ0n) is 24.5. The van der Waals surface area contributed by atoms with Crippen LogP contribution in [0.2, 0.25) is 0 Å². The molecule has 0 saturated carbocycles. The van der Waals surface area contributed by atoms with Crippen molar-refractivity contribution in [2.75, 3.05) is 60.1 Å². The predicted octanol–water partition coefficient (Wildman–Crippen LogP) is 7.12. The van der Waals surface area contributed by atoms with Crippen LogP contribution in [0, 0.1) is 0 Å². The second-order valence-electron chi connectivity index (χ2n) is 12.4. The first kappa shape index (κ1) is 34.8. The van der Waals surface area contributed by atoms with E-state index in [0.29, 0.717) is 6.42 Å². The number of rotatable bonds is 26. The van der Waals surface area contributed by atoms with Gasteiger partial charge in [-0.3, -0.25) is 0 Å². The Morgan fingerprint density at radius 2 is 0.714 bits per heavy atom. The Kier molecular flexibility index (Phi) is 20.7. The molecule has 212 valence electrons. The standard InChI is InChI=1S/C29H63N2O3S/c1-6-7-8-9-10-11-12-13-14-15-16-17-18-21-25-30(2,3)26-22-19-20-23-27-31(4,5)28-24-29-35(32,33)34/h6-29H2,1-5H3/q+1. The maximum atomic E-state index is 10.8. The lowest BCUT2D eigenvalue weighted by Crippen LogP contribution is -2.42. The minimum atomic E-state index is -4.08. The number of unbranched alkanes of at least 4 members (excludes halogenated alkanes) is 16. The third-order valence-corrected chi connectivity index (χ3v) is 8.34. The SMILES string of the molecule is CCCCCCCCCCCCCCCC[N+](C)(C)CCCCCC[N+](C)(C)CCCS(=O)(=O)[O-]. The summed E-state index contributed by atoms with van der Waals surface area (Å²) in [6, 6.07) is 0. The first-order valence-electron chi connectivity index (χ1n) is 15.0. The normalized spacial score (nSPS) is 13.0. The zero-order chi connectivity index (χ0) is 26.5. The third-order valence-electron chi connectivity index (χ3n) is 7.55. The first-order valence-corrected chi connectivity index (χ1v) is 16.6. The molecule has 0 aliphatic carbocycles. The Bertz CT molecular complexity index is 576. The summed E-state index contributed by atoms with van der Waals surface area (Å²) in [6.45, 7) is 6.65. The average molecular weight is 520 g/mol. The van der Waals surface area contributed by atoms with E-state index in [0.717, 1.165) is 22.1 Å². The molecule has 35 heavy (non-hydrogen) atoms. The van der Waals surface area contributed by atoms with Crippen LogP contribution < -0.4 is 0 Å². The van der Waals surface area contributed by atoms with Crippen LogP contribution in [0.4, 0.5) is 0 Å². The molecule has 5 nitrogen and oxygen atoms in total. The topological polar surface area (TPSA) is 57.2 Å². The second kappa shape index (κ2) is 20.8. The van der Waals surface area contributed by atoms with Crippen LogP contribution in [0.25, 0.3) is 0 Å². The van der Waals surface area contributed by atoms with Gasteiger partial charge in [0.1, 0.15) is 0 Å². The van der Waals surface area contributed by atoms with E-state index in [1.54, 1.807) is 0 Å². The molecule has 0 bridgehead atoms. The van der Waals surface area contributed by atoms with Gasteiger partial charge in [0.15, 0.2) is 0 Å². The van der Waals surface area contributed by atoms with Crippen molar-refractivity contribution in [1.29, 1.82) is 0 Å². The molecule has 0 radical (unpaired) electrons. The summed E-state index contributed by atoms with van der Waals surface area (Å²) in [7, 11) is 4.95. The maximum Gasteiger partial charge on any atom is 0.0948 e. The molecule has 0 aromatic rings. The molecule has 6 heteroatoms. The van der Waals surface area contributed by atoms with Gasteiger partial charge in [0.2, 0.25) is 0 Å². The molecular formula is C29H63N2O3S+. The van der Waals surface area contributed by atoms with Crippen molar-refractivity contribution in [3.05, 3.63) is 0 Å². The van der Waals surface area contributed by atoms with E-state index in [1.165, 1.54) is 129 Å². The molecule has 0 fully saturated rings. The Morgan fingerprint density at radius 1 is 0.457 bits per heavy atom. The second-order valence-corrected chi connectivity index (χ2v) is 13.9. The smallest absolute Gasteiger partial charge is 0.0948 e. The van der Waals surface area contributed by atoms with Gasteiger partial charge in [0.25, 0.3) is 0 Å². The number of hydrogen-bond donors (Lipinski definition) is 0. The van der Waals surface area contributed by atoms with Gasteiger partial charge < -0.3 is 13.5 Å². The van der Waals surface area contributed by atoms with E-state index in [2.05, 4.69) is 35.1 Å². The summed E-state index contributed by atoms with van der Waals surface area (Å²) in [5, 5.41) is 0. The van der Waals surface area contributed by atoms with Crippen LogP contribution in [0.5, 0.6) is 0 Å². The quantitative estimate of drug-likeness (QED) is 0.0694. The summed E-state index contributed by atoms with van der Waals surface area (Å²) in [5.41, 5.74) is 0. The third kappa shape index (κ3) is 26.7. The van der Waals surface area contributed by atoms with Crippen LogP contribution in [0.15, 0.2) is 0 Å². The zero-order valence-corrected chi connectivity index (χ0v) is 25.3. The lowest BCUT2D eigenvalue weighted by molar-refractivity contribution is -0.891. The molecule has 0 saturated heterocycles. The minimum Gasteiger partial charge on any atom is -0.748 e. The Morgan fingerprint density at radius 3 is 1.00 bits per heavy atom. The molecule has 0 aromatic heterocycles. The highest BCUT2D eigenvalue weighted by molar-refractivity contribution is 7.85. The fraction of sp³-hybridized carbons (Fsp3) is 1.00. The minimum absolute atomic E-state index is 0.235. The number of hydrogen-bond acceptors (Lipinski definition) is 3. The molecule has 0 spiro atoms. The van der Waals surface area contributed by atoms with Gasteiger partial charge >= 0.3 is 0 Å². The lowest BCUT2D eigenvalue weighted by atomic mass is 10.0. The highest BCUT2D eigenvalue weighted by Crippen LogP contribution is 2.14. The van der Waals surface area contributed by atoms with Gasteiger partial charge in [0.05, 0.1) is 64.5 Å². The van der Waals surface area contributed by atoms with E-state index in [1.807, 2.05) is 0 Å². The predicted molar refractivity (Wildman–Crippen MR) is 152 cm³/mol. The van der Waals surface area contributed by atoms with E-state index in [-0.39, 0.29) is 5.75 Å². The van der Waals surface area contributed by atoms with Crippen molar-refractivity contribution >= 4 is 10.1 Å². The fourth-order valence-corrected chi connectivity index (χ4v) is 5.54. The molecule has 0 rings (SSSR count). The largest absolute Gasteiger partial charge is 0.748 e. The van der Waals surface area contributed by atoms with Gasteiger partial charge in [0, 0.05) is 12.2 Å². The fourth-order valence-electron chi connectivity index (χ4n) is 5.06. The molecule has 0 N–H and O–H groups in total. The first-order chi connectivity index (χ1) is 16.5. The van der Waals surface area contributed by atoms with Gasteiger partial charge in [-0.1, -0.05) is 84.0 Å². The van der Waals surface area contributed by atoms with E-state index >= 15 is 0 Å². The summed E-state index contributed by atoms with van der Waals surface area (Å²) in [4.78, 5) is 0. The van der Waals surface area contributed by atoms with Crippen molar-refractivity contribution in [1.82, 2.24) is 0 Å². The Labute approximate surface area is 221 Å². The molecule has 0 aliphatic rings. The molecule has 0 aromatic carbocycles. The van der Waals surface area contributed by atoms with Crippen LogP contribution in [0.3, 0.4) is 0 Å². The summed E-state index contributed by atoms with van der Waals surface area (Å²) < 4.78 is 34.2. The van der Waals surface area contributed by atoms with Crippen LogP contribution in [0.1, 0.15) is 129 Å². The Hall–Kier alpha value is -0.170. The summed E-state index contributed by atoms with van der Waals surface area (Å²) in [6.07, 6.45) is 25.3. The van der Waals surface area contributed by atoms with E-state index < -0.39 is 10.1 Å². The average Bonchev–Trinajstić information content (AvgIpc) is 2.75. The van der Waals surface area contributed by atoms with Crippen molar-refractivity contribution in [2.24, 2.45) is 0 Å². The van der Waals surface area contributed by atoms with Crippen molar-refractivity contribution in [3.8, 4) is 0 Å². The van der Waals surface area contributed by atoms with Crippen LogP contribution >= 0.6 is 0 Å². The molecule has 0 unspecified atom stereocenters. The summed E-state index contributed by atoms with van der Waals surface area (Å²) >= 11 is 0. The number of quaternary nitrogens is 2. The van der Waals surface area contributed by atoms with Crippen LogP contribution in [-0.4, -0.2) is 82.1 Å². The van der Waals surface area contributed by atoms with Crippen molar-refractivity contribution < 1.29 is 21.9 Å². The Balaban J connectivity index is 3.54. The van der Waals surface area contributed by atoms with Gasteiger partial charge in [-0.25, -0.2) is 8.42 Å². The van der Waals surface area contributed by atoms with Crippen molar-refractivity contribution in [3.63, 3.8) is 0 Å². The maximum absolute atomic E-state index is 10.8. The van der Waals surface area contributed by atoms with Crippen LogP contribution in [-0.2, 0) is 10.1 Å². The highest BCUT2D eigenvalue weighted by atomic mass is 32.2. The molecule has 0 heterocycles. The monoisotopic (exact) mass is 519 g/mol. The molecule has 0 amide bonds. The van der Waals surface area contributed by atoms with Gasteiger partial charge in [-0.2, -0.15) is 0 Å². The lowest BCUT2D eigenvalue weighted by Gasteiger charge is -2.31. The van der Waals surface area contributed by atoms with E-state index in [9.17, 15) is 13.0 Å². The number of nitrogens with zero attached hydrogens (tertiary/aromatic N) is 2. The summed E-state index contributed by atoms with van der Waals surface area (Å²) in [5.74, 6) is -0.235. The highest BCUT2D eigenvalue weighted by Gasteiger charge is 2.16. The van der Waals surface area contributed by atoms with Crippen molar-refractivity contribution in [2.45, 2.75) is 129 Å². The van der Waals surface area contributed by atoms with E-state index in [4.69, 9.17) is 0 Å². The molecule has 0 atom stereocenters.